The van der Waals surface area contributed by atoms with Crippen molar-refractivity contribution in [2.45, 2.75) is 26.2 Å². The van der Waals surface area contributed by atoms with E-state index in [1.165, 1.54) is 6.07 Å². The van der Waals surface area contributed by atoms with Crippen LogP contribution in [0.4, 0.5) is 10.1 Å². The van der Waals surface area contributed by atoms with Gasteiger partial charge in [0.15, 0.2) is 0 Å². The molecule has 1 aromatic carbocycles. The zero-order chi connectivity index (χ0) is 10.1. The quantitative estimate of drug-likeness (QED) is 0.677. The van der Waals surface area contributed by atoms with Gasteiger partial charge in [-0.25, -0.2) is 4.39 Å². The van der Waals surface area contributed by atoms with Crippen molar-refractivity contribution >= 4 is 11.3 Å². The Balaban J connectivity index is 2.47. The molecule has 0 unspecified atom stereocenters. The molecule has 0 saturated heterocycles. The summed E-state index contributed by atoms with van der Waals surface area (Å²) in [5.41, 5.74) is 9.04. The van der Waals surface area contributed by atoms with Crippen molar-refractivity contribution in [2.75, 3.05) is 5.73 Å². The van der Waals surface area contributed by atoms with Gasteiger partial charge in [-0.3, -0.25) is 0 Å². The topological polar surface area (TPSA) is 26.0 Å². The highest BCUT2D eigenvalue weighted by Gasteiger charge is 2.12. The third-order valence-electron chi connectivity index (χ3n) is 2.74. The van der Waals surface area contributed by atoms with E-state index >= 15 is 0 Å². The molecule has 1 aromatic rings. The number of hydrogen-bond acceptors (Lipinski definition) is 1. The van der Waals surface area contributed by atoms with Gasteiger partial charge in [0.05, 0.1) is 0 Å². The molecular formula is C12H14FN. The number of anilines is 1. The second-order valence-electron chi connectivity index (χ2n) is 3.81. The van der Waals surface area contributed by atoms with Crippen LogP contribution < -0.4 is 5.73 Å². The van der Waals surface area contributed by atoms with E-state index in [1.54, 1.807) is 6.07 Å². The van der Waals surface area contributed by atoms with Crippen molar-refractivity contribution in [3.8, 4) is 0 Å². The van der Waals surface area contributed by atoms with Crippen molar-refractivity contribution in [3.63, 3.8) is 0 Å². The molecule has 0 amide bonds. The largest absolute Gasteiger partial charge is 0.398 e. The van der Waals surface area contributed by atoms with Crippen LogP contribution in [0.15, 0.2) is 18.2 Å². The number of aryl methyl sites for hydroxylation is 1. The molecule has 2 heteroatoms. The monoisotopic (exact) mass is 191 g/mol. The number of halogens is 1. The molecule has 1 aliphatic carbocycles. The van der Waals surface area contributed by atoms with E-state index in [4.69, 9.17) is 5.73 Å². The maximum absolute atomic E-state index is 13.6. The third-order valence-corrected chi connectivity index (χ3v) is 2.74. The molecule has 0 aromatic heterocycles. The average Bonchev–Trinajstić information content (AvgIpc) is 2.64. The highest BCUT2D eigenvalue weighted by molar-refractivity contribution is 5.71. The summed E-state index contributed by atoms with van der Waals surface area (Å²) in [6.45, 7) is 1.82. The summed E-state index contributed by atoms with van der Waals surface area (Å²) in [4.78, 5) is 0. The molecular weight excluding hydrogens is 177 g/mol. The van der Waals surface area contributed by atoms with E-state index < -0.39 is 0 Å². The van der Waals surface area contributed by atoms with E-state index in [9.17, 15) is 4.39 Å². The van der Waals surface area contributed by atoms with Crippen molar-refractivity contribution in [2.24, 2.45) is 0 Å². The van der Waals surface area contributed by atoms with Crippen LogP contribution in [0.5, 0.6) is 0 Å². The summed E-state index contributed by atoms with van der Waals surface area (Å²) in [6.07, 6.45) is 5.26. The van der Waals surface area contributed by atoms with Crippen molar-refractivity contribution in [1.29, 1.82) is 0 Å². The molecule has 0 bridgehead atoms. The Morgan fingerprint density at radius 1 is 1.36 bits per heavy atom. The van der Waals surface area contributed by atoms with Gasteiger partial charge >= 0.3 is 0 Å². The minimum absolute atomic E-state index is 0.148. The molecule has 2 N–H and O–H groups in total. The minimum atomic E-state index is -0.148. The molecule has 0 atom stereocenters. The molecule has 1 aliphatic rings. The number of nitrogen functional groups attached to an aromatic ring is 1. The number of rotatable bonds is 1. The smallest absolute Gasteiger partial charge is 0.131 e. The van der Waals surface area contributed by atoms with E-state index in [0.29, 0.717) is 11.3 Å². The van der Waals surface area contributed by atoms with E-state index in [1.807, 2.05) is 6.92 Å². The molecule has 74 valence electrons. The van der Waals surface area contributed by atoms with Crippen molar-refractivity contribution in [3.05, 3.63) is 35.2 Å². The Morgan fingerprint density at radius 2 is 2.14 bits per heavy atom. The summed E-state index contributed by atoms with van der Waals surface area (Å²) in [5, 5.41) is 0. The molecule has 14 heavy (non-hydrogen) atoms. The Hall–Kier alpha value is -1.31. The molecule has 0 fully saturated rings. The molecule has 2 rings (SSSR count). The molecule has 0 radical (unpaired) electrons. The van der Waals surface area contributed by atoms with Crippen LogP contribution in [0.3, 0.4) is 0 Å². The maximum atomic E-state index is 13.6. The van der Waals surface area contributed by atoms with Crippen LogP contribution in [0, 0.1) is 12.7 Å². The van der Waals surface area contributed by atoms with E-state index in [-0.39, 0.29) is 5.82 Å². The normalized spacial score (nSPS) is 15.7. The van der Waals surface area contributed by atoms with Crippen LogP contribution in [0.2, 0.25) is 0 Å². The lowest BCUT2D eigenvalue weighted by molar-refractivity contribution is 0.622. The van der Waals surface area contributed by atoms with Crippen LogP contribution in [0.25, 0.3) is 5.57 Å². The Bertz CT molecular complexity index is 394. The molecule has 1 nitrogen and oxygen atoms in total. The van der Waals surface area contributed by atoms with E-state index in [2.05, 4.69) is 6.08 Å². The number of allylic oxidation sites excluding steroid dienone is 2. The number of hydrogen-bond donors (Lipinski definition) is 1. The molecule has 0 saturated carbocycles. The second kappa shape index (κ2) is 3.45. The van der Waals surface area contributed by atoms with Gasteiger partial charge in [0.25, 0.3) is 0 Å². The van der Waals surface area contributed by atoms with Crippen molar-refractivity contribution in [1.82, 2.24) is 0 Å². The van der Waals surface area contributed by atoms with Gasteiger partial charge in [-0.2, -0.15) is 0 Å². The first kappa shape index (κ1) is 9.25. The van der Waals surface area contributed by atoms with Gasteiger partial charge < -0.3 is 5.73 Å². The van der Waals surface area contributed by atoms with Gasteiger partial charge in [-0.1, -0.05) is 6.08 Å². The first-order valence-corrected chi connectivity index (χ1v) is 4.93. The second-order valence-corrected chi connectivity index (χ2v) is 3.81. The maximum Gasteiger partial charge on any atom is 0.131 e. The van der Waals surface area contributed by atoms with Crippen LogP contribution >= 0.6 is 0 Å². The fourth-order valence-corrected chi connectivity index (χ4v) is 1.85. The van der Waals surface area contributed by atoms with Gasteiger partial charge in [-0.05, 0) is 49.5 Å². The van der Waals surface area contributed by atoms with Crippen LogP contribution in [0.1, 0.15) is 30.4 Å². The Kier molecular flexibility index (Phi) is 2.28. The minimum Gasteiger partial charge on any atom is -0.398 e. The summed E-state index contributed by atoms with van der Waals surface area (Å²) < 4.78 is 13.6. The summed E-state index contributed by atoms with van der Waals surface area (Å²) >= 11 is 0. The lowest BCUT2D eigenvalue weighted by atomic mass is 10.0. The average molecular weight is 191 g/mol. The first-order valence-electron chi connectivity index (χ1n) is 4.93. The SMILES string of the molecule is Cc1cc(F)c(C2=CCCC2)cc1N. The van der Waals surface area contributed by atoms with Crippen molar-refractivity contribution < 1.29 is 4.39 Å². The summed E-state index contributed by atoms with van der Waals surface area (Å²) in [7, 11) is 0. The fraction of sp³-hybridized carbons (Fsp3) is 0.333. The fourth-order valence-electron chi connectivity index (χ4n) is 1.85. The van der Waals surface area contributed by atoms with Crippen LogP contribution in [-0.2, 0) is 0 Å². The molecule has 0 aliphatic heterocycles. The first-order chi connectivity index (χ1) is 6.68. The highest BCUT2D eigenvalue weighted by atomic mass is 19.1. The van der Waals surface area contributed by atoms with E-state index in [0.717, 1.165) is 30.4 Å². The predicted octanol–water partition coefficient (Wildman–Crippen LogP) is 3.28. The molecule has 0 heterocycles. The van der Waals surface area contributed by atoms with Gasteiger partial charge in [0, 0.05) is 11.3 Å². The third kappa shape index (κ3) is 1.52. The van der Waals surface area contributed by atoms with Gasteiger partial charge in [-0.15, -0.1) is 0 Å². The highest BCUT2D eigenvalue weighted by Crippen LogP contribution is 2.31. The molecule has 0 spiro atoms. The summed E-state index contributed by atoms with van der Waals surface area (Å²) in [5.74, 6) is -0.148. The Morgan fingerprint density at radius 3 is 2.79 bits per heavy atom. The lowest BCUT2D eigenvalue weighted by Crippen LogP contribution is -1.95. The predicted molar refractivity (Wildman–Crippen MR) is 57.4 cm³/mol. The summed E-state index contributed by atoms with van der Waals surface area (Å²) in [6, 6.07) is 3.27. The van der Waals surface area contributed by atoms with Crippen LogP contribution in [-0.4, -0.2) is 0 Å². The zero-order valence-electron chi connectivity index (χ0n) is 8.31. The zero-order valence-corrected chi connectivity index (χ0v) is 8.31. The standard InChI is InChI=1S/C12H14FN/c1-8-6-11(13)10(7-12(8)14)9-4-2-3-5-9/h4,6-7H,2-3,5,14H2,1H3. The Labute approximate surface area is 83.4 Å². The van der Waals surface area contributed by atoms with Gasteiger partial charge in [0.2, 0.25) is 0 Å². The lowest BCUT2D eigenvalue weighted by Gasteiger charge is -2.07. The number of nitrogens with two attached hydrogens (primary N) is 1. The number of benzene rings is 1. The van der Waals surface area contributed by atoms with Gasteiger partial charge in [0.1, 0.15) is 5.82 Å².